The zero-order valence-corrected chi connectivity index (χ0v) is 16.8. The summed E-state index contributed by atoms with van der Waals surface area (Å²) in [7, 11) is 1.34. The summed E-state index contributed by atoms with van der Waals surface area (Å²) in [6.07, 6.45) is 3.20. The first-order valence-electron chi connectivity index (χ1n) is 8.82. The zero-order valence-electron chi connectivity index (χ0n) is 16.0. The summed E-state index contributed by atoms with van der Waals surface area (Å²) in [5, 5.41) is 3.32. The fourth-order valence-corrected chi connectivity index (χ4v) is 3.95. The number of methoxy groups -OCH3 is 1. The van der Waals surface area contributed by atoms with Crippen molar-refractivity contribution in [1.82, 2.24) is 0 Å². The summed E-state index contributed by atoms with van der Waals surface area (Å²) in [5.74, 6) is -0.771. The second kappa shape index (κ2) is 8.67. The van der Waals surface area contributed by atoms with Gasteiger partial charge >= 0.3 is 5.97 Å². The standard InChI is InChI=1S/C23H21NO3S/c1-15-9-11-17(12-10-15)13-14-19(25)24-22-21(23(26)27-3)20(16(2)28-22)18-7-5-4-6-8-18/h4-14H,1-3H3,(H,24,25)/b14-13+. The number of rotatable bonds is 5. The average Bonchev–Trinajstić information content (AvgIpc) is 3.03. The quantitative estimate of drug-likeness (QED) is 0.463. The Balaban J connectivity index is 1.90. The van der Waals surface area contributed by atoms with Crippen molar-refractivity contribution in [2.24, 2.45) is 0 Å². The number of thiophene rings is 1. The lowest BCUT2D eigenvalue weighted by molar-refractivity contribution is -0.111. The molecule has 4 nitrogen and oxygen atoms in total. The van der Waals surface area contributed by atoms with Crippen LogP contribution in [0.2, 0.25) is 0 Å². The monoisotopic (exact) mass is 391 g/mol. The average molecular weight is 391 g/mol. The van der Waals surface area contributed by atoms with Crippen molar-refractivity contribution in [3.63, 3.8) is 0 Å². The number of nitrogens with one attached hydrogen (secondary N) is 1. The Kier molecular flexibility index (Phi) is 6.06. The minimum Gasteiger partial charge on any atom is -0.465 e. The van der Waals surface area contributed by atoms with Crippen LogP contribution in [-0.4, -0.2) is 19.0 Å². The molecular formula is C23H21NO3S. The molecule has 0 saturated heterocycles. The van der Waals surface area contributed by atoms with E-state index in [1.54, 1.807) is 6.08 Å². The van der Waals surface area contributed by atoms with Gasteiger partial charge in [0.25, 0.3) is 0 Å². The van der Waals surface area contributed by atoms with E-state index in [-0.39, 0.29) is 5.91 Å². The normalized spacial score (nSPS) is 10.8. The number of esters is 1. The molecule has 0 aliphatic heterocycles. The molecule has 5 heteroatoms. The Morgan fingerprint density at radius 2 is 1.68 bits per heavy atom. The molecule has 1 aromatic heterocycles. The van der Waals surface area contributed by atoms with Gasteiger partial charge in [0, 0.05) is 16.5 Å². The van der Waals surface area contributed by atoms with E-state index in [4.69, 9.17) is 4.74 Å². The van der Waals surface area contributed by atoms with E-state index < -0.39 is 5.97 Å². The second-order valence-electron chi connectivity index (χ2n) is 6.33. The molecule has 0 aliphatic rings. The van der Waals surface area contributed by atoms with Crippen LogP contribution in [0.1, 0.15) is 26.4 Å². The van der Waals surface area contributed by atoms with Gasteiger partial charge in [-0.05, 0) is 31.1 Å². The maximum absolute atomic E-state index is 12.4. The van der Waals surface area contributed by atoms with Crippen LogP contribution in [0.15, 0.2) is 60.7 Å². The highest BCUT2D eigenvalue weighted by Gasteiger charge is 2.24. The van der Waals surface area contributed by atoms with E-state index >= 15 is 0 Å². The third kappa shape index (κ3) is 4.38. The van der Waals surface area contributed by atoms with E-state index in [1.165, 1.54) is 24.5 Å². The van der Waals surface area contributed by atoms with Crippen LogP contribution in [0.5, 0.6) is 0 Å². The first-order valence-corrected chi connectivity index (χ1v) is 9.64. The predicted molar refractivity (Wildman–Crippen MR) is 115 cm³/mol. The number of hydrogen-bond acceptors (Lipinski definition) is 4. The third-order valence-corrected chi connectivity index (χ3v) is 5.30. The summed E-state index contributed by atoms with van der Waals surface area (Å²) in [5.41, 5.74) is 4.17. The molecule has 0 bridgehead atoms. The lowest BCUT2D eigenvalue weighted by atomic mass is 10.0. The molecule has 1 N–H and O–H groups in total. The van der Waals surface area contributed by atoms with Crippen LogP contribution in [0.25, 0.3) is 17.2 Å². The number of amides is 1. The summed E-state index contributed by atoms with van der Waals surface area (Å²) in [6, 6.07) is 17.5. The maximum Gasteiger partial charge on any atom is 0.341 e. The molecule has 0 atom stereocenters. The number of carbonyl (C=O) groups is 2. The first kappa shape index (κ1) is 19.6. The Labute approximate surface area is 168 Å². The first-order chi connectivity index (χ1) is 13.5. The van der Waals surface area contributed by atoms with Crippen molar-refractivity contribution in [2.45, 2.75) is 13.8 Å². The maximum atomic E-state index is 12.4. The SMILES string of the molecule is COC(=O)c1c(NC(=O)/C=C/c2ccc(C)cc2)sc(C)c1-c1ccccc1. The molecule has 1 amide bonds. The number of anilines is 1. The molecule has 142 valence electrons. The van der Waals surface area contributed by atoms with Gasteiger partial charge in [0.15, 0.2) is 0 Å². The van der Waals surface area contributed by atoms with E-state index in [0.29, 0.717) is 10.6 Å². The van der Waals surface area contributed by atoms with Crippen LogP contribution in [0.3, 0.4) is 0 Å². The smallest absolute Gasteiger partial charge is 0.341 e. The molecule has 3 aromatic rings. The summed E-state index contributed by atoms with van der Waals surface area (Å²) in [4.78, 5) is 25.8. The van der Waals surface area contributed by atoms with E-state index in [9.17, 15) is 9.59 Å². The fraction of sp³-hybridized carbons (Fsp3) is 0.130. The molecule has 1 heterocycles. The Bertz CT molecular complexity index is 1020. The highest BCUT2D eigenvalue weighted by Crippen LogP contribution is 2.40. The fourth-order valence-electron chi connectivity index (χ4n) is 2.89. The number of hydrogen-bond donors (Lipinski definition) is 1. The van der Waals surface area contributed by atoms with Gasteiger partial charge in [-0.3, -0.25) is 4.79 Å². The zero-order chi connectivity index (χ0) is 20.1. The number of benzene rings is 2. The predicted octanol–water partition coefficient (Wildman–Crippen LogP) is 5.47. The molecule has 0 unspecified atom stereocenters. The topological polar surface area (TPSA) is 55.4 Å². The highest BCUT2D eigenvalue weighted by atomic mass is 32.1. The van der Waals surface area contributed by atoms with E-state index in [0.717, 1.165) is 27.1 Å². The van der Waals surface area contributed by atoms with Gasteiger partial charge in [-0.1, -0.05) is 60.2 Å². The number of carbonyl (C=O) groups excluding carboxylic acids is 2. The molecular weight excluding hydrogens is 370 g/mol. The van der Waals surface area contributed by atoms with Crippen molar-refractivity contribution in [3.05, 3.63) is 82.2 Å². The molecule has 28 heavy (non-hydrogen) atoms. The van der Waals surface area contributed by atoms with Crippen molar-refractivity contribution in [3.8, 4) is 11.1 Å². The lowest BCUT2D eigenvalue weighted by Gasteiger charge is -2.07. The second-order valence-corrected chi connectivity index (χ2v) is 7.55. The van der Waals surface area contributed by atoms with Gasteiger partial charge in [0.2, 0.25) is 5.91 Å². The van der Waals surface area contributed by atoms with Gasteiger partial charge in [0.1, 0.15) is 10.6 Å². The van der Waals surface area contributed by atoms with E-state index in [2.05, 4.69) is 5.32 Å². The molecule has 0 saturated carbocycles. The van der Waals surface area contributed by atoms with Gasteiger partial charge in [-0.25, -0.2) is 4.79 Å². The molecule has 0 fully saturated rings. The summed E-state index contributed by atoms with van der Waals surface area (Å²) >= 11 is 1.36. The largest absolute Gasteiger partial charge is 0.465 e. The number of aryl methyl sites for hydroxylation is 2. The number of ether oxygens (including phenoxy) is 1. The molecule has 0 aliphatic carbocycles. The summed E-state index contributed by atoms with van der Waals surface area (Å²) in [6.45, 7) is 3.94. The van der Waals surface area contributed by atoms with Crippen LogP contribution < -0.4 is 5.32 Å². The molecule has 3 rings (SSSR count). The summed E-state index contributed by atoms with van der Waals surface area (Å²) < 4.78 is 4.97. The molecule has 0 spiro atoms. The van der Waals surface area contributed by atoms with Crippen LogP contribution in [0, 0.1) is 13.8 Å². The van der Waals surface area contributed by atoms with Gasteiger partial charge in [-0.15, -0.1) is 11.3 Å². The highest BCUT2D eigenvalue weighted by molar-refractivity contribution is 7.17. The van der Waals surface area contributed by atoms with Gasteiger partial charge in [0.05, 0.1) is 7.11 Å². The van der Waals surface area contributed by atoms with Crippen molar-refractivity contribution < 1.29 is 14.3 Å². The minimum atomic E-state index is -0.471. The van der Waals surface area contributed by atoms with Gasteiger partial charge in [-0.2, -0.15) is 0 Å². The van der Waals surface area contributed by atoms with Crippen molar-refractivity contribution in [1.29, 1.82) is 0 Å². The Hall–Kier alpha value is -3.18. The molecule has 0 radical (unpaired) electrons. The van der Waals surface area contributed by atoms with Crippen LogP contribution in [-0.2, 0) is 9.53 Å². The Morgan fingerprint density at radius 3 is 2.32 bits per heavy atom. The van der Waals surface area contributed by atoms with Crippen LogP contribution in [0.4, 0.5) is 5.00 Å². The van der Waals surface area contributed by atoms with Crippen LogP contribution >= 0.6 is 11.3 Å². The van der Waals surface area contributed by atoms with Crippen molar-refractivity contribution >= 4 is 34.3 Å². The van der Waals surface area contributed by atoms with Gasteiger partial charge < -0.3 is 10.1 Å². The molecule has 2 aromatic carbocycles. The lowest BCUT2D eigenvalue weighted by Crippen LogP contribution is -2.11. The minimum absolute atomic E-state index is 0.299. The third-order valence-electron chi connectivity index (χ3n) is 4.28. The van der Waals surface area contributed by atoms with Crippen molar-refractivity contribution in [2.75, 3.05) is 12.4 Å². The van der Waals surface area contributed by atoms with E-state index in [1.807, 2.05) is 68.4 Å². The Morgan fingerprint density at radius 1 is 1.00 bits per heavy atom.